The SMILES string of the molecule is Cc1csc(Nc2cc(Sc3cccc(O[Si](C)(C)C(C)(C)C)c3)ccn2)n1. The van der Waals surface area contributed by atoms with E-state index in [1.165, 1.54) is 0 Å². The van der Waals surface area contributed by atoms with E-state index < -0.39 is 8.32 Å². The Morgan fingerprint density at radius 2 is 1.86 bits per heavy atom. The van der Waals surface area contributed by atoms with Gasteiger partial charge in [0.05, 0.1) is 5.69 Å². The molecule has 148 valence electrons. The summed E-state index contributed by atoms with van der Waals surface area (Å²) in [4.78, 5) is 11.1. The number of benzene rings is 1. The highest BCUT2D eigenvalue weighted by Gasteiger charge is 2.38. The van der Waals surface area contributed by atoms with Crippen LogP contribution in [0.15, 0.2) is 57.8 Å². The van der Waals surface area contributed by atoms with E-state index in [9.17, 15) is 0 Å². The van der Waals surface area contributed by atoms with Crippen LogP contribution in [0.5, 0.6) is 5.75 Å². The standard InChI is InChI=1S/C21H27N3OS2Si/c1-15-14-26-20(23-15)24-19-13-18(10-11-22-19)27-17-9-7-8-16(12-17)25-28(5,6)21(2,3)4/h7-14H,1-6H3,(H,22,23,24). The molecule has 1 aromatic carbocycles. The first kappa shape index (κ1) is 20.9. The maximum absolute atomic E-state index is 6.44. The molecule has 0 radical (unpaired) electrons. The first-order valence-corrected chi connectivity index (χ1v) is 13.8. The van der Waals surface area contributed by atoms with Gasteiger partial charge in [-0.3, -0.25) is 0 Å². The van der Waals surface area contributed by atoms with Crippen LogP contribution in [0.3, 0.4) is 0 Å². The van der Waals surface area contributed by atoms with Crippen molar-refractivity contribution in [3.05, 3.63) is 53.7 Å². The lowest BCUT2D eigenvalue weighted by molar-refractivity contribution is 0.491. The number of nitrogens with zero attached hydrogens (tertiary/aromatic N) is 2. The normalized spacial score (nSPS) is 12.1. The zero-order valence-electron chi connectivity index (χ0n) is 17.2. The van der Waals surface area contributed by atoms with Gasteiger partial charge in [-0.15, -0.1) is 11.3 Å². The molecule has 4 nitrogen and oxygen atoms in total. The molecule has 0 spiro atoms. The van der Waals surface area contributed by atoms with Crippen molar-refractivity contribution in [3.63, 3.8) is 0 Å². The fraction of sp³-hybridized carbons (Fsp3) is 0.333. The number of rotatable bonds is 6. The van der Waals surface area contributed by atoms with E-state index in [0.29, 0.717) is 0 Å². The maximum Gasteiger partial charge on any atom is 0.250 e. The van der Waals surface area contributed by atoms with Crippen LogP contribution < -0.4 is 9.74 Å². The molecule has 0 aliphatic rings. The van der Waals surface area contributed by atoms with E-state index in [-0.39, 0.29) is 5.04 Å². The number of anilines is 2. The monoisotopic (exact) mass is 429 g/mol. The molecule has 3 rings (SSSR count). The van der Waals surface area contributed by atoms with Gasteiger partial charge in [0.15, 0.2) is 5.13 Å². The minimum Gasteiger partial charge on any atom is -0.543 e. The van der Waals surface area contributed by atoms with Crippen LogP contribution in [-0.4, -0.2) is 18.3 Å². The van der Waals surface area contributed by atoms with Gasteiger partial charge in [-0.2, -0.15) is 0 Å². The summed E-state index contributed by atoms with van der Waals surface area (Å²) in [6, 6.07) is 12.4. The van der Waals surface area contributed by atoms with E-state index in [4.69, 9.17) is 4.43 Å². The number of nitrogens with one attached hydrogen (secondary N) is 1. The Morgan fingerprint density at radius 3 is 2.54 bits per heavy atom. The molecule has 1 N–H and O–H groups in total. The third-order valence-electron chi connectivity index (χ3n) is 4.81. The Kier molecular flexibility index (Phi) is 6.17. The van der Waals surface area contributed by atoms with Crippen LogP contribution in [0, 0.1) is 6.92 Å². The van der Waals surface area contributed by atoms with E-state index in [1.54, 1.807) is 23.1 Å². The van der Waals surface area contributed by atoms with Gasteiger partial charge < -0.3 is 9.74 Å². The molecule has 3 aromatic rings. The van der Waals surface area contributed by atoms with Gasteiger partial charge in [0.25, 0.3) is 0 Å². The third kappa shape index (κ3) is 5.37. The van der Waals surface area contributed by atoms with Gasteiger partial charge in [0.1, 0.15) is 11.6 Å². The lowest BCUT2D eigenvalue weighted by Crippen LogP contribution is -2.43. The molecule has 0 fully saturated rings. The molecule has 0 saturated heterocycles. The first-order chi connectivity index (χ1) is 13.1. The number of hydrogen-bond acceptors (Lipinski definition) is 6. The molecule has 2 aromatic heterocycles. The lowest BCUT2D eigenvalue weighted by atomic mass is 10.2. The summed E-state index contributed by atoms with van der Waals surface area (Å²) in [5, 5.41) is 6.33. The van der Waals surface area contributed by atoms with E-state index in [1.807, 2.05) is 30.6 Å². The molecule has 2 heterocycles. The van der Waals surface area contributed by atoms with E-state index in [0.717, 1.165) is 32.2 Å². The number of thiazole rings is 1. The summed E-state index contributed by atoms with van der Waals surface area (Å²) in [7, 11) is -1.85. The highest BCUT2D eigenvalue weighted by molar-refractivity contribution is 7.99. The average Bonchev–Trinajstić information content (AvgIpc) is 2.99. The summed E-state index contributed by atoms with van der Waals surface area (Å²) < 4.78 is 6.44. The summed E-state index contributed by atoms with van der Waals surface area (Å²) in [5.74, 6) is 1.75. The molecule has 28 heavy (non-hydrogen) atoms. The topological polar surface area (TPSA) is 47.0 Å². The van der Waals surface area contributed by atoms with Gasteiger partial charge in [0.2, 0.25) is 8.32 Å². The van der Waals surface area contributed by atoms with Crippen molar-refractivity contribution in [2.45, 2.75) is 55.6 Å². The van der Waals surface area contributed by atoms with Crippen LogP contribution in [0.4, 0.5) is 10.9 Å². The van der Waals surface area contributed by atoms with Crippen molar-refractivity contribution in [3.8, 4) is 5.75 Å². The Balaban J connectivity index is 1.73. The van der Waals surface area contributed by atoms with Crippen LogP contribution in [-0.2, 0) is 0 Å². The van der Waals surface area contributed by atoms with Crippen molar-refractivity contribution in [2.75, 3.05) is 5.32 Å². The highest BCUT2D eigenvalue weighted by Crippen LogP contribution is 2.38. The van der Waals surface area contributed by atoms with Crippen molar-refractivity contribution >= 4 is 42.4 Å². The molecule has 0 atom stereocenters. The molecule has 7 heteroatoms. The number of hydrogen-bond donors (Lipinski definition) is 1. The molecule has 0 bridgehead atoms. The number of aryl methyl sites for hydroxylation is 1. The quantitative estimate of drug-likeness (QED) is 0.422. The van der Waals surface area contributed by atoms with Crippen molar-refractivity contribution in [2.24, 2.45) is 0 Å². The van der Waals surface area contributed by atoms with Crippen molar-refractivity contribution < 1.29 is 4.43 Å². The Morgan fingerprint density at radius 1 is 1.11 bits per heavy atom. The molecule has 0 unspecified atom stereocenters. The minimum absolute atomic E-state index is 0.177. The van der Waals surface area contributed by atoms with Crippen LogP contribution in [0.25, 0.3) is 0 Å². The highest BCUT2D eigenvalue weighted by atomic mass is 32.2. The second kappa shape index (κ2) is 8.27. The predicted octanol–water partition coefficient (Wildman–Crippen LogP) is 7.13. The van der Waals surface area contributed by atoms with Gasteiger partial charge >= 0.3 is 0 Å². The summed E-state index contributed by atoms with van der Waals surface area (Å²) in [6.07, 6.45) is 1.82. The molecule has 0 amide bonds. The lowest BCUT2D eigenvalue weighted by Gasteiger charge is -2.36. The smallest absolute Gasteiger partial charge is 0.250 e. The van der Waals surface area contributed by atoms with Crippen LogP contribution in [0.1, 0.15) is 26.5 Å². The van der Waals surface area contributed by atoms with Crippen LogP contribution >= 0.6 is 23.1 Å². The zero-order chi connectivity index (χ0) is 20.4. The molecule has 0 aliphatic heterocycles. The van der Waals surface area contributed by atoms with Gasteiger partial charge in [0, 0.05) is 21.4 Å². The summed E-state index contributed by atoms with van der Waals surface area (Å²) in [5.41, 5.74) is 1.01. The Hall–Kier alpha value is -1.83. The molecule has 0 aliphatic carbocycles. The Labute approximate surface area is 176 Å². The fourth-order valence-corrected chi connectivity index (χ4v) is 4.86. The van der Waals surface area contributed by atoms with Gasteiger partial charge in [-0.25, -0.2) is 9.97 Å². The number of pyridine rings is 1. The second-order valence-corrected chi connectivity index (χ2v) is 15.0. The molecule has 0 saturated carbocycles. The third-order valence-corrected chi connectivity index (χ3v) is 11.0. The first-order valence-electron chi connectivity index (χ1n) is 9.24. The van der Waals surface area contributed by atoms with Gasteiger partial charge in [-0.1, -0.05) is 38.6 Å². The Bertz CT molecular complexity index is 951. The van der Waals surface area contributed by atoms with E-state index >= 15 is 0 Å². The maximum atomic E-state index is 6.44. The van der Waals surface area contributed by atoms with Crippen molar-refractivity contribution in [1.29, 1.82) is 0 Å². The van der Waals surface area contributed by atoms with Gasteiger partial charge in [-0.05, 0) is 55.4 Å². The van der Waals surface area contributed by atoms with E-state index in [2.05, 4.69) is 73.4 Å². The summed E-state index contributed by atoms with van der Waals surface area (Å²) >= 11 is 3.29. The number of aromatic nitrogens is 2. The predicted molar refractivity (Wildman–Crippen MR) is 123 cm³/mol. The summed E-state index contributed by atoms with van der Waals surface area (Å²) in [6.45, 7) is 13.3. The largest absolute Gasteiger partial charge is 0.543 e. The minimum atomic E-state index is -1.85. The molecular weight excluding hydrogens is 402 g/mol. The zero-order valence-corrected chi connectivity index (χ0v) is 19.9. The molecular formula is C21H27N3OS2Si. The average molecular weight is 430 g/mol. The van der Waals surface area contributed by atoms with Crippen LogP contribution in [0.2, 0.25) is 18.1 Å². The fourth-order valence-electron chi connectivity index (χ4n) is 2.25. The van der Waals surface area contributed by atoms with Crippen molar-refractivity contribution in [1.82, 2.24) is 9.97 Å². The second-order valence-electron chi connectivity index (χ2n) is 8.24.